The lowest BCUT2D eigenvalue weighted by molar-refractivity contribution is 0.162. The first-order valence-electron chi connectivity index (χ1n) is 7.22. The molecule has 1 heterocycles. The Bertz CT molecular complexity index is 573. The normalized spacial score (nSPS) is 22.5. The van der Waals surface area contributed by atoms with Crippen LogP contribution < -0.4 is 9.47 Å². The van der Waals surface area contributed by atoms with Gasteiger partial charge in [-0.05, 0) is 31.4 Å². The Kier molecular flexibility index (Phi) is 4.62. The predicted molar refractivity (Wildman–Crippen MR) is 86.3 cm³/mol. The summed E-state index contributed by atoms with van der Waals surface area (Å²) in [6.07, 6.45) is 2.42. The van der Waals surface area contributed by atoms with E-state index in [4.69, 9.17) is 44.3 Å². The standard InChI is InChI=1S/C15H16Cl3NO3/c16-12-7-11(22-14(20)19-5-1-2-6-19)3-4-13(12)21-9-10-8-15(10,17)18/h3-4,7,10H,1-2,5-6,8-9H2. The lowest BCUT2D eigenvalue weighted by Crippen LogP contribution is -2.30. The van der Waals surface area contributed by atoms with E-state index >= 15 is 0 Å². The molecule has 2 fully saturated rings. The molecule has 1 amide bonds. The van der Waals surface area contributed by atoms with Crippen LogP contribution in [-0.2, 0) is 0 Å². The fraction of sp³-hybridized carbons (Fsp3) is 0.533. The maximum atomic E-state index is 11.9. The van der Waals surface area contributed by atoms with Gasteiger partial charge in [0.15, 0.2) is 0 Å². The molecule has 2 aliphatic rings. The molecule has 0 N–H and O–H groups in total. The maximum Gasteiger partial charge on any atom is 0.415 e. The fourth-order valence-corrected chi connectivity index (χ4v) is 3.09. The molecule has 1 aliphatic heterocycles. The van der Waals surface area contributed by atoms with Crippen molar-refractivity contribution < 1.29 is 14.3 Å². The van der Waals surface area contributed by atoms with Crippen molar-refractivity contribution >= 4 is 40.9 Å². The number of alkyl halides is 2. The minimum Gasteiger partial charge on any atom is -0.492 e. The van der Waals surface area contributed by atoms with E-state index in [9.17, 15) is 4.79 Å². The van der Waals surface area contributed by atoms with Gasteiger partial charge in [0, 0.05) is 25.1 Å². The second-order valence-electron chi connectivity index (χ2n) is 5.63. The number of hydrogen-bond acceptors (Lipinski definition) is 3. The van der Waals surface area contributed by atoms with Gasteiger partial charge in [0.1, 0.15) is 15.8 Å². The molecule has 1 aromatic carbocycles. The van der Waals surface area contributed by atoms with Gasteiger partial charge in [-0.15, -0.1) is 23.2 Å². The Hall–Kier alpha value is -0.840. The van der Waals surface area contributed by atoms with Gasteiger partial charge in [-0.1, -0.05) is 11.6 Å². The molecule has 0 radical (unpaired) electrons. The lowest BCUT2D eigenvalue weighted by Gasteiger charge is -2.15. The summed E-state index contributed by atoms with van der Waals surface area (Å²) < 4.78 is 10.2. The molecule has 1 atom stereocenters. The van der Waals surface area contributed by atoms with Crippen LogP contribution >= 0.6 is 34.8 Å². The van der Waals surface area contributed by atoms with Gasteiger partial charge in [-0.2, -0.15) is 0 Å². The second-order valence-corrected chi connectivity index (χ2v) is 7.58. The average molecular weight is 365 g/mol. The van der Waals surface area contributed by atoms with E-state index in [-0.39, 0.29) is 12.0 Å². The van der Waals surface area contributed by atoms with E-state index in [2.05, 4.69) is 0 Å². The molecule has 0 spiro atoms. The fourth-order valence-electron chi connectivity index (χ4n) is 2.37. The van der Waals surface area contributed by atoms with Crippen molar-refractivity contribution in [3.8, 4) is 11.5 Å². The van der Waals surface area contributed by atoms with E-state index in [1.165, 1.54) is 0 Å². The van der Waals surface area contributed by atoms with Crippen molar-refractivity contribution in [2.24, 2.45) is 5.92 Å². The van der Waals surface area contributed by atoms with E-state index < -0.39 is 4.33 Å². The summed E-state index contributed by atoms with van der Waals surface area (Å²) >= 11 is 18.0. The van der Waals surface area contributed by atoms with E-state index in [0.29, 0.717) is 23.1 Å². The number of carbonyl (C=O) groups excluding carboxylic acids is 1. The first kappa shape index (κ1) is 16.0. The van der Waals surface area contributed by atoms with Crippen LogP contribution in [0.3, 0.4) is 0 Å². The minimum atomic E-state index is -0.669. The number of likely N-dealkylation sites (tertiary alicyclic amines) is 1. The van der Waals surface area contributed by atoms with Gasteiger partial charge >= 0.3 is 6.09 Å². The van der Waals surface area contributed by atoms with Crippen molar-refractivity contribution in [1.29, 1.82) is 0 Å². The molecule has 7 heteroatoms. The molecule has 0 bridgehead atoms. The summed E-state index contributed by atoms with van der Waals surface area (Å²) in [5, 5.41) is 0.391. The summed E-state index contributed by atoms with van der Waals surface area (Å²) in [5.74, 6) is 1.06. The second kappa shape index (κ2) is 6.34. The summed E-state index contributed by atoms with van der Waals surface area (Å²) in [6.45, 7) is 1.90. The topological polar surface area (TPSA) is 38.8 Å². The quantitative estimate of drug-likeness (QED) is 0.738. The number of halogens is 3. The average Bonchev–Trinajstić information content (AvgIpc) is 2.90. The minimum absolute atomic E-state index is 0.125. The van der Waals surface area contributed by atoms with Crippen LogP contribution in [-0.4, -0.2) is 35.0 Å². The van der Waals surface area contributed by atoms with Gasteiger partial charge in [0.05, 0.1) is 11.6 Å². The van der Waals surface area contributed by atoms with Crippen LogP contribution in [0.15, 0.2) is 18.2 Å². The molecule has 1 unspecified atom stereocenters. The molecule has 1 saturated carbocycles. The lowest BCUT2D eigenvalue weighted by atomic mass is 10.3. The van der Waals surface area contributed by atoms with Gasteiger partial charge in [0.25, 0.3) is 0 Å². The number of rotatable bonds is 4. The molecule has 22 heavy (non-hydrogen) atoms. The molecule has 3 rings (SSSR count). The number of amides is 1. The Morgan fingerprint density at radius 2 is 2.00 bits per heavy atom. The number of nitrogens with zero attached hydrogens (tertiary/aromatic N) is 1. The summed E-state index contributed by atoms with van der Waals surface area (Å²) in [7, 11) is 0. The van der Waals surface area contributed by atoms with Gasteiger partial charge in [0.2, 0.25) is 0 Å². The smallest absolute Gasteiger partial charge is 0.415 e. The number of ether oxygens (including phenoxy) is 2. The Morgan fingerprint density at radius 3 is 2.59 bits per heavy atom. The van der Waals surface area contributed by atoms with E-state index in [1.807, 2.05) is 0 Å². The zero-order valence-corrected chi connectivity index (χ0v) is 14.1. The van der Waals surface area contributed by atoms with Crippen LogP contribution in [0.5, 0.6) is 11.5 Å². The highest BCUT2D eigenvalue weighted by atomic mass is 35.5. The number of hydrogen-bond donors (Lipinski definition) is 0. The SMILES string of the molecule is O=C(Oc1ccc(OCC2CC2(Cl)Cl)c(Cl)c1)N1CCCC1. The van der Waals surface area contributed by atoms with Crippen LogP contribution in [0.25, 0.3) is 0 Å². The van der Waals surface area contributed by atoms with E-state index in [1.54, 1.807) is 23.1 Å². The Balaban J connectivity index is 1.56. The van der Waals surface area contributed by atoms with Crippen LogP contribution in [0.4, 0.5) is 4.79 Å². The van der Waals surface area contributed by atoms with Crippen LogP contribution in [0.2, 0.25) is 5.02 Å². The van der Waals surface area contributed by atoms with Crippen LogP contribution in [0.1, 0.15) is 19.3 Å². The molecule has 1 saturated heterocycles. The van der Waals surface area contributed by atoms with Crippen molar-refractivity contribution in [3.63, 3.8) is 0 Å². The summed E-state index contributed by atoms with van der Waals surface area (Å²) in [4.78, 5) is 13.6. The summed E-state index contributed by atoms with van der Waals surface area (Å²) in [5.41, 5.74) is 0. The predicted octanol–water partition coefficient (Wildman–Crippen LogP) is 4.51. The van der Waals surface area contributed by atoms with Gasteiger partial charge < -0.3 is 14.4 Å². The molecular formula is C15H16Cl3NO3. The van der Waals surface area contributed by atoms with Crippen molar-refractivity contribution in [2.75, 3.05) is 19.7 Å². The van der Waals surface area contributed by atoms with Gasteiger partial charge in [-0.3, -0.25) is 0 Å². The van der Waals surface area contributed by atoms with Crippen molar-refractivity contribution in [2.45, 2.75) is 23.6 Å². The Morgan fingerprint density at radius 1 is 1.32 bits per heavy atom. The van der Waals surface area contributed by atoms with Crippen molar-refractivity contribution in [1.82, 2.24) is 4.90 Å². The number of carbonyl (C=O) groups is 1. The third kappa shape index (κ3) is 3.73. The first-order chi connectivity index (χ1) is 10.5. The summed E-state index contributed by atoms with van der Waals surface area (Å²) in [6, 6.07) is 4.92. The highest BCUT2D eigenvalue weighted by Gasteiger charge is 2.52. The molecule has 0 aromatic heterocycles. The number of benzene rings is 1. The highest BCUT2D eigenvalue weighted by Crippen LogP contribution is 2.53. The van der Waals surface area contributed by atoms with Gasteiger partial charge in [-0.25, -0.2) is 4.79 Å². The first-order valence-corrected chi connectivity index (χ1v) is 8.36. The monoisotopic (exact) mass is 363 g/mol. The third-order valence-corrected chi connectivity index (χ3v) is 5.09. The largest absolute Gasteiger partial charge is 0.492 e. The molecule has 1 aliphatic carbocycles. The Labute approximate surface area is 144 Å². The zero-order chi connectivity index (χ0) is 15.7. The van der Waals surface area contributed by atoms with Crippen molar-refractivity contribution in [3.05, 3.63) is 23.2 Å². The molecular weight excluding hydrogens is 349 g/mol. The third-order valence-electron chi connectivity index (χ3n) is 3.87. The highest BCUT2D eigenvalue weighted by molar-refractivity contribution is 6.50. The maximum absolute atomic E-state index is 11.9. The van der Waals surface area contributed by atoms with E-state index in [0.717, 1.165) is 32.4 Å². The zero-order valence-electron chi connectivity index (χ0n) is 11.9. The molecule has 120 valence electrons. The molecule has 1 aromatic rings. The molecule has 4 nitrogen and oxygen atoms in total. The van der Waals surface area contributed by atoms with Crippen LogP contribution in [0, 0.1) is 5.92 Å².